The van der Waals surface area contributed by atoms with Crippen molar-refractivity contribution < 1.29 is 4.79 Å². The van der Waals surface area contributed by atoms with Gasteiger partial charge in [0.1, 0.15) is 0 Å². The lowest BCUT2D eigenvalue weighted by molar-refractivity contribution is 0.0806. The van der Waals surface area contributed by atoms with E-state index in [1.807, 2.05) is 0 Å². The van der Waals surface area contributed by atoms with Crippen LogP contribution in [0.25, 0.3) is 0 Å². The zero-order valence-electron chi connectivity index (χ0n) is 7.85. The van der Waals surface area contributed by atoms with Gasteiger partial charge in [0.25, 0.3) is 0 Å². The SMILES string of the molecule is CC(C)(C)C1CC2NC(=O)NC21. The van der Waals surface area contributed by atoms with E-state index in [0.29, 0.717) is 23.4 Å². The van der Waals surface area contributed by atoms with Gasteiger partial charge in [0.05, 0.1) is 12.1 Å². The van der Waals surface area contributed by atoms with Gasteiger partial charge in [-0.05, 0) is 17.8 Å². The summed E-state index contributed by atoms with van der Waals surface area (Å²) in [6.07, 6.45) is 1.13. The van der Waals surface area contributed by atoms with Crippen LogP contribution in [0.15, 0.2) is 0 Å². The van der Waals surface area contributed by atoms with Crippen molar-refractivity contribution in [2.24, 2.45) is 11.3 Å². The molecule has 3 atom stereocenters. The van der Waals surface area contributed by atoms with Crippen molar-refractivity contribution in [2.75, 3.05) is 0 Å². The van der Waals surface area contributed by atoms with E-state index < -0.39 is 0 Å². The molecule has 12 heavy (non-hydrogen) atoms. The molecule has 3 unspecified atom stereocenters. The Kier molecular flexibility index (Phi) is 1.41. The second kappa shape index (κ2) is 2.15. The molecule has 2 aliphatic rings. The second-order valence-corrected chi connectivity index (χ2v) is 4.96. The summed E-state index contributed by atoms with van der Waals surface area (Å²) in [6.45, 7) is 6.70. The highest BCUT2D eigenvalue weighted by Crippen LogP contribution is 2.43. The van der Waals surface area contributed by atoms with Crippen molar-refractivity contribution in [1.82, 2.24) is 10.6 Å². The zero-order chi connectivity index (χ0) is 8.93. The minimum Gasteiger partial charge on any atom is -0.333 e. The number of carbonyl (C=O) groups excluding carboxylic acids is 1. The highest BCUT2D eigenvalue weighted by atomic mass is 16.2. The number of fused-ring (bicyclic) bond motifs is 1. The smallest absolute Gasteiger partial charge is 0.315 e. The van der Waals surface area contributed by atoms with Gasteiger partial charge in [-0.2, -0.15) is 0 Å². The molecule has 1 heterocycles. The summed E-state index contributed by atoms with van der Waals surface area (Å²) in [5.74, 6) is 0.640. The van der Waals surface area contributed by atoms with Gasteiger partial charge >= 0.3 is 6.03 Å². The van der Waals surface area contributed by atoms with Crippen LogP contribution in [0.2, 0.25) is 0 Å². The van der Waals surface area contributed by atoms with Crippen molar-refractivity contribution in [1.29, 1.82) is 0 Å². The van der Waals surface area contributed by atoms with E-state index in [1.165, 1.54) is 0 Å². The molecule has 0 radical (unpaired) electrons. The van der Waals surface area contributed by atoms with Gasteiger partial charge in [-0.1, -0.05) is 20.8 Å². The van der Waals surface area contributed by atoms with Crippen LogP contribution in [-0.2, 0) is 0 Å². The first-order valence-corrected chi connectivity index (χ1v) is 4.55. The van der Waals surface area contributed by atoms with Crippen molar-refractivity contribution >= 4 is 6.03 Å². The van der Waals surface area contributed by atoms with E-state index >= 15 is 0 Å². The Morgan fingerprint density at radius 1 is 1.33 bits per heavy atom. The fraction of sp³-hybridized carbons (Fsp3) is 0.889. The maximum absolute atomic E-state index is 11.0. The fourth-order valence-electron chi connectivity index (χ4n) is 2.25. The number of nitrogens with one attached hydrogen (secondary N) is 2. The summed E-state index contributed by atoms with van der Waals surface area (Å²) in [6, 6.07) is 0.802. The minimum absolute atomic E-state index is 0.0109. The molecule has 0 aromatic carbocycles. The molecule has 68 valence electrons. The summed E-state index contributed by atoms with van der Waals surface area (Å²) >= 11 is 0. The summed E-state index contributed by atoms with van der Waals surface area (Å²) in [5, 5.41) is 5.87. The molecule has 2 fully saturated rings. The first-order valence-electron chi connectivity index (χ1n) is 4.55. The molecule has 3 nitrogen and oxygen atoms in total. The maximum Gasteiger partial charge on any atom is 0.315 e. The summed E-state index contributed by atoms with van der Waals surface area (Å²) < 4.78 is 0. The van der Waals surface area contributed by atoms with E-state index in [9.17, 15) is 4.79 Å². The van der Waals surface area contributed by atoms with Gasteiger partial charge in [0.2, 0.25) is 0 Å². The van der Waals surface area contributed by atoms with Gasteiger partial charge in [0, 0.05) is 0 Å². The number of carbonyl (C=O) groups is 1. The van der Waals surface area contributed by atoms with Crippen molar-refractivity contribution in [3.8, 4) is 0 Å². The fourth-order valence-corrected chi connectivity index (χ4v) is 2.25. The lowest BCUT2D eigenvalue weighted by atomic mass is 9.63. The first kappa shape index (κ1) is 7.90. The lowest BCUT2D eigenvalue weighted by Gasteiger charge is -2.46. The lowest BCUT2D eigenvalue weighted by Crippen LogP contribution is -2.56. The topological polar surface area (TPSA) is 41.1 Å². The Morgan fingerprint density at radius 2 is 2.00 bits per heavy atom. The number of hydrogen-bond acceptors (Lipinski definition) is 1. The number of rotatable bonds is 0. The van der Waals surface area contributed by atoms with Crippen molar-refractivity contribution in [2.45, 2.75) is 39.3 Å². The molecule has 2 amide bonds. The van der Waals surface area contributed by atoms with E-state index in [1.54, 1.807) is 0 Å². The molecule has 0 aromatic heterocycles. The van der Waals surface area contributed by atoms with Crippen LogP contribution in [0.3, 0.4) is 0 Å². The molecule has 1 aliphatic carbocycles. The maximum atomic E-state index is 11.0. The van der Waals surface area contributed by atoms with E-state index in [0.717, 1.165) is 6.42 Å². The first-order chi connectivity index (χ1) is 5.48. The average molecular weight is 168 g/mol. The van der Waals surface area contributed by atoms with Crippen LogP contribution in [0.1, 0.15) is 27.2 Å². The van der Waals surface area contributed by atoms with Crippen molar-refractivity contribution in [3.63, 3.8) is 0 Å². The summed E-state index contributed by atoms with van der Waals surface area (Å²) in [4.78, 5) is 11.0. The molecule has 1 saturated heterocycles. The Balaban J connectivity index is 2.04. The number of urea groups is 1. The van der Waals surface area contributed by atoms with Gasteiger partial charge in [-0.25, -0.2) is 4.79 Å². The van der Waals surface area contributed by atoms with Gasteiger partial charge < -0.3 is 10.6 Å². The molecule has 1 saturated carbocycles. The van der Waals surface area contributed by atoms with Crippen LogP contribution in [0.4, 0.5) is 4.79 Å². The average Bonchev–Trinajstić information content (AvgIpc) is 2.11. The van der Waals surface area contributed by atoms with E-state index in [2.05, 4.69) is 31.4 Å². The third-order valence-electron chi connectivity index (χ3n) is 3.10. The largest absolute Gasteiger partial charge is 0.333 e. The molecule has 0 spiro atoms. The van der Waals surface area contributed by atoms with E-state index in [4.69, 9.17) is 0 Å². The minimum atomic E-state index is 0.0109. The van der Waals surface area contributed by atoms with Gasteiger partial charge in [0.15, 0.2) is 0 Å². The van der Waals surface area contributed by atoms with Crippen LogP contribution >= 0.6 is 0 Å². The summed E-state index contributed by atoms with van der Waals surface area (Å²) in [7, 11) is 0. The van der Waals surface area contributed by atoms with E-state index in [-0.39, 0.29) is 6.03 Å². The Bertz CT molecular complexity index is 219. The van der Waals surface area contributed by atoms with Crippen LogP contribution in [-0.4, -0.2) is 18.1 Å². The molecular weight excluding hydrogens is 152 g/mol. The predicted molar refractivity (Wildman–Crippen MR) is 46.8 cm³/mol. The third-order valence-corrected chi connectivity index (χ3v) is 3.10. The highest BCUT2D eigenvalue weighted by molar-refractivity contribution is 5.78. The monoisotopic (exact) mass is 168 g/mol. The number of hydrogen-bond donors (Lipinski definition) is 2. The van der Waals surface area contributed by atoms with Crippen LogP contribution < -0.4 is 10.6 Å². The van der Waals surface area contributed by atoms with Crippen LogP contribution in [0.5, 0.6) is 0 Å². The van der Waals surface area contributed by atoms with Gasteiger partial charge in [-0.3, -0.25) is 0 Å². The van der Waals surface area contributed by atoms with Crippen molar-refractivity contribution in [3.05, 3.63) is 0 Å². The second-order valence-electron chi connectivity index (χ2n) is 4.96. The summed E-state index contributed by atoms with van der Waals surface area (Å²) in [5.41, 5.74) is 0.320. The predicted octanol–water partition coefficient (Wildman–Crippen LogP) is 1.10. The normalized spacial score (nSPS) is 39.6. The molecular formula is C9H16N2O. The quantitative estimate of drug-likeness (QED) is 0.559. The number of amides is 2. The standard InChI is InChI=1S/C9H16N2O/c1-9(2,3)5-4-6-7(5)11-8(12)10-6/h5-7H,4H2,1-3H3,(H2,10,11,12). The Labute approximate surface area is 72.9 Å². The molecule has 3 heteroatoms. The van der Waals surface area contributed by atoms with Gasteiger partial charge in [-0.15, -0.1) is 0 Å². The Hall–Kier alpha value is -0.730. The molecule has 0 aromatic rings. The molecule has 2 N–H and O–H groups in total. The Morgan fingerprint density at radius 3 is 2.50 bits per heavy atom. The molecule has 0 bridgehead atoms. The zero-order valence-corrected chi connectivity index (χ0v) is 7.85. The third kappa shape index (κ3) is 0.993. The highest BCUT2D eigenvalue weighted by Gasteiger charge is 2.51. The molecule has 1 aliphatic heterocycles. The van der Waals surface area contributed by atoms with Crippen LogP contribution in [0, 0.1) is 11.3 Å². The molecule has 2 rings (SSSR count).